The van der Waals surface area contributed by atoms with Gasteiger partial charge in [0.25, 0.3) is 0 Å². The van der Waals surface area contributed by atoms with E-state index in [1.807, 2.05) is 17.8 Å². The van der Waals surface area contributed by atoms with Gasteiger partial charge in [0, 0.05) is 41.9 Å². The van der Waals surface area contributed by atoms with E-state index in [2.05, 4.69) is 22.1 Å². The Morgan fingerprint density at radius 1 is 1.56 bits per heavy atom. The first-order valence-electron chi connectivity index (χ1n) is 5.95. The third-order valence-electron chi connectivity index (χ3n) is 2.70. The predicted molar refractivity (Wildman–Crippen MR) is 82.0 cm³/mol. The number of rotatable bonds is 5. The summed E-state index contributed by atoms with van der Waals surface area (Å²) in [6, 6.07) is 4.51. The molecule has 2 rings (SSSR count). The van der Waals surface area contributed by atoms with Gasteiger partial charge in [-0.3, -0.25) is 4.79 Å². The maximum Gasteiger partial charge on any atom is 0.221 e. The minimum Gasteiger partial charge on any atom is -0.356 e. The van der Waals surface area contributed by atoms with Crippen molar-refractivity contribution < 1.29 is 4.79 Å². The van der Waals surface area contributed by atoms with Crippen LogP contribution in [0.15, 0.2) is 17.5 Å². The van der Waals surface area contributed by atoms with Crippen LogP contribution >= 0.6 is 35.5 Å². The normalized spacial score (nSPS) is 19.0. The van der Waals surface area contributed by atoms with Crippen molar-refractivity contribution in [3.05, 3.63) is 22.4 Å². The predicted octanol–water partition coefficient (Wildman–Crippen LogP) is 1.92. The number of amides is 1. The van der Waals surface area contributed by atoms with E-state index in [0.29, 0.717) is 12.5 Å². The number of thiophene rings is 1. The Hall–Kier alpha value is -0.230. The molecule has 1 unspecified atom stereocenters. The van der Waals surface area contributed by atoms with Crippen LogP contribution in [-0.4, -0.2) is 36.5 Å². The van der Waals surface area contributed by atoms with Crippen molar-refractivity contribution in [2.75, 3.05) is 24.6 Å². The average Bonchev–Trinajstić information content (AvgIpc) is 2.83. The van der Waals surface area contributed by atoms with Crippen molar-refractivity contribution >= 4 is 41.4 Å². The van der Waals surface area contributed by atoms with E-state index in [9.17, 15) is 4.79 Å². The van der Waals surface area contributed by atoms with Crippen molar-refractivity contribution in [1.82, 2.24) is 10.6 Å². The molecule has 0 radical (unpaired) electrons. The van der Waals surface area contributed by atoms with Gasteiger partial charge in [0.15, 0.2) is 0 Å². The Morgan fingerprint density at radius 3 is 3.11 bits per heavy atom. The van der Waals surface area contributed by atoms with Crippen LogP contribution in [0.5, 0.6) is 0 Å². The molecule has 2 N–H and O–H groups in total. The van der Waals surface area contributed by atoms with Gasteiger partial charge in [-0.2, -0.15) is 11.8 Å². The summed E-state index contributed by atoms with van der Waals surface area (Å²) in [5.41, 5.74) is 0. The zero-order valence-corrected chi connectivity index (χ0v) is 12.6. The summed E-state index contributed by atoms with van der Waals surface area (Å²) in [5, 5.41) is 8.43. The lowest BCUT2D eigenvalue weighted by Crippen LogP contribution is -2.41. The number of thioether (sulfide) groups is 1. The van der Waals surface area contributed by atoms with Crippen molar-refractivity contribution in [3.63, 3.8) is 0 Å². The number of carbonyl (C=O) groups excluding carboxylic acids is 1. The topological polar surface area (TPSA) is 41.1 Å². The first kappa shape index (κ1) is 15.8. The lowest BCUT2D eigenvalue weighted by molar-refractivity contribution is -0.121. The second-order valence-electron chi connectivity index (χ2n) is 4.11. The van der Waals surface area contributed by atoms with E-state index in [4.69, 9.17) is 0 Å². The minimum atomic E-state index is 0. The second kappa shape index (κ2) is 8.80. The van der Waals surface area contributed by atoms with Crippen molar-refractivity contribution in [2.24, 2.45) is 0 Å². The highest BCUT2D eigenvalue weighted by Crippen LogP contribution is 2.10. The molecule has 1 saturated heterocycles. The molecular weight excluding hydrogens is 288 g/mol. The fourth-order valence-corrected chi connectivity index (χ4v) is 3.48. The lowest BCUT2D eigenvalue weighted by Gasteiger charge is -2.22. The smallest absolute Gasteiger partial charge is 0.221 e. The summed E-state index contributed by atoms with van der Waals surface area (Å²) in [4.78, 5) is 13.0. The minimum absolute atomic E-state index is 0. The molecule has 18 heavy (non-hydrogen) atoms. The Bertz CT molecular complexity index is 340. The highest BCUT2D eigenvalue weighted by molar-refractivity contribution is 7.99. The maximum absolute atomic E-state index is 11.7. The Balaban J connectivity index is 0.00000162. The molecule has 0 saturated carbocycles. The van der Waals surface area contributed by atoms with Gasteiger partial charge in [-0.05, 0) is 17.9 Å². The fourth-order valence-electron chi connectivity index (χ4n) is 1.83. The Labute approximate surface area is 123 Å². The van der Waals surface area contributed by atoms with Crippen LogP contribution < -0.4 is 10.6 Å². The number of nitrogens with one attached hydrogen (secondary N) is 2. The molecule has 1 atom stereocenters. The van der Waals surface area contributed by atoms with E-state index in [-0.39, 0.29) is 18.3 Å². The molecule has 1 aliphatic heterocycles. The van der Waals surface area contributed by atoms with Gasteiger partial charge in [-0.25, -0.2) is 0 Å². The molecule has 3 nitrogen and oxygen atoms in total. The fraction of sp³-hybridized carbons (Fsp3) is 0.583. The molecule has 1 fully saturated rings. The van der Waals surface area contributed by atoms with Gasteiger partial charge in [0.05, 0.1) is 0 Å². The van der Waals surface area contributed by atoms with Gasteiger partial charge >= 0.3 is 0 Å². The SMILES string of the molecule is Cl.O=C(CC1CSCCN1)NCCc1cccs1. The van der Waals surface area contributed by atoms with Crippen LogP contribution in [0, 0.1) is 0 Å². The Kier molecular flexibility index (Phi) is 7.74. The monoisotopic (exact) mass is 306 g/mol. The van der Waals surface area contributed by atoms with Crippen molar-refractivity contribution in [3.8, 4) is 0 Å². The first-order valence-corrected chi connectivity index (χ1v) is 7.98. The first-order chi connectivity index (χ1) is 8.34. The third-order valence-corrected chi connectivity index (χ3v) is 4.77. The van der Waals surface area contributed by atoms with Crippen LogP contribution in [0.2, 0.25) is 0 Å². The van der Waals surface area contributed by atoms with Crippen LogP contribution in [0.25, 0.3) is 0 Å². The van der Waals surface area contributed by atoms with Crippen LogP contribution in [0.1, 0.15) is 11.3 Å². The molecule has 1 aromatic heterocycles. The number of carbonyl (C=O) groups is 1. The summed E-state index contributed by atoms with van der Waals surface area (Å²) in [6.45, 7) is 1.77. The highest BCUT2D eigenvalue weighted by atomic mass is 35.5. The van der Waals surface area contributed by atoms with E-state index < -0.39 is 0 Å². The quantitative estimate of drug-likeness (QED) is 0.873. The van der Waals surface area contributed by atoms with Gasteiger partial charge < -0.3 is 10.6 Å². The summed E-state index contributed by atoms with van der Waals surface area (Å²) in [7, 11) is 0. The summed E-state index contributed by atoms with van der Waals surface area (Å²) in [6.07, 6.45) is 1.55. The average molecular weight is 307 g/mol. The van der Waals surface area contributed by atoms with E-state index in [0.717, 1.165) is 31.0 Å². The molecule has 6 heteroatoms. The van der Waals surface area contributed by atoms with E-state index in [1.54, 1.807) is 11.3 Å². The van der Waals surface area contributed by atoms with Gasteiger partial charge in [-0.15, -0.1) is 23.7 Å². The van der Waals surface area contributed by atoms with Gasteiger partial charge in [-0.1, -0.05) is 6.07 Å². The molecule has 0 spiro atoms. The molecule has 102 valence electrons. The lowest BCUT2D eigenvalue weighted by atomic mass is 10.2. The highest BCUT2D eigenvalue weighted by Gasteiger charge is 2.16. The zero-order valence-electron chi connectivity index (χ0n) is 10.2. The van der Waals surface area contributed by atoms with E-state index in [1.165, 1.54) is 4.88 Å². The summed E-state index contributed by atoms with van der Waals surface area (Å²) in [5.74, 6) is 2.39. The standard InChI is InChI=1S/C12H18N2OS2.ClH/c15-12(8-10-9-16-7-5-13-10)14-4-3-11-2-1-6-17-11;/h1-2,6,10,13H,3-5,7-9H2,(H,14,15);1H. The molecular formula is C12H19ClN2OS2. The third kappa shape index (κ3) is 5.61. The molecule has 1 aromatic rings. The molecule has 1 amide bonds. The molecule has 0 bridgehead atoms. The molecule has 0 aromatic carbocycles. The molecule has 2 heterocycles. The van der Waals surface area contributed by atoms with Gasteiger partial charge in [0.1, 0.15) is 0 Å². The number of hydrogen-bond acceptors (Lipinski definition) is 4. The van der Waals surface area contributed by atoms with Crippen molar-refractivity contribution in [1.29, 1.82) is 0 Å². The molecule has 0 aliphatic carbocycles. The van der Waals surface area contributed by atoms with Crippen LogP contribution in [0.4, 0.5) is 0 Å². The van der Waals surface area contributed by atoms with Crippen LogP contribution in [0.3, 0.4) is 0 Å². The Morgan fingerprint density at radius 2 is 2.44 bits per heavy atom. The largest absolute Gasteiger partial charge is 0.356 e. The van der Waals surface area contributed by atoms with Crippen LogP contribution in [-0.2, 0) is 11.2 Å². The summed E-state index contributed by atoms with van der Waals surface area (Å²) < 4.78 is 0. The number of hydrogen-bond donors (Lipinski definition) is 2. The van der Waals surface area contributed by atoms with Gasteiger partial charge in [0.2, 0.25) is 5.91 Å². The summed E-state index contributed by atoms with van der Waals surface area (Å²) >= 11 is 3.67. The molecule has 1 aliphatic rings. The zero-order chi connectivity index (χ0) is 11.9. The second-order valence-corrected chi connectivity index (χ2v) is 6.29. The number of halogens is 1. The van der Waals surface area contributed by atoms with Crippen molar-refractivity contribution in [2.45, 2.75) is 18.9 Å². The maximum atomic E-state index is 11.7. The van der Waals surface area contributed by atoms with E-state index >= 15 is 0 Å².